The van der Waals surface area contributed by atoms with Gasteiger partial charge in [-0.1, -0.05) is 54.6 Å². The maximum atomic E-state index is 5.58. The minimum atomic E-state index is 0.857. The average molecular weight is 362 g/mol. The number of H-pyrrole nitrogens is 1. The summed E-state index contributed by atoms with van der Waals surface area (Å²) >= 11 is 5.58. The molecule has 1 aliphatic rings. The zero-order valence-corrected chi connectivity index (χ0v) is 15.6. The topological polar surface area (TPSA) is 31.1 Å². The summed E-state index contributed by atoms with van der Waals surface area (Å²) in [5.74, 6) is 0. The number of rotatable bonds is 4. The molecule has 132 valence electrons. The van der Waals surface area contributed by atoms with Crippen LogP contribution in [0.3, 0.4) is 0 Å². The molecule has 0 radical (unpaired) electrons. The molecule has 2 heterocycles. The number of aromatic nitrogens is 1. The van der Waals surface area contributed by atoms with Gasteiger partial charge in [0.25, 0.3) is 0 Å². The number of benzene rings is 2. The summed E-state index contributed by atoms with van der Waals surface area (Å²) in [6.45, 7) is 2.70. The third-order valence-electron chi connectivity index (χ3n) is 4.96. The molecule has 4 rings (SSSR count). The Morgan fingerprint density at radius 1 is 1.08 bits per heavy atom. The first kappa shape index (κ1) is 16.9. The van der Waals surface area contributed by atoms with Crippen LogP contribution < -0.4 is 5.32 Å². The Morgan fingerprint density at radius 3 is 2.69 bits per heavy atom. The molecule has 0 bridgehead atoms. The monoisotopic (exact) mass is 361 g/mol. The molecule has 0 atom stereocenters. The normalized spacial score (nSPS) is 14.3. The molecule has 0 saturated heterocycles. The first-order valence-corrected chi connectivity index (χ1v) is 9.54. The van der Waals surface area contributed by atoms with Crippen molar-refractivity contribution in [2.45, 2.75) is 12.8 Å². The zero-order valence-electron chi connectivity index (χ0n) is 14.7. The second-order valence-electron chi connectivity index (χ2n) is 6.64. The highest BCUT2D eigenvalue weighted by Crippen LogP contribution is 2.29. The number of para-hydroxylation sites is 1. The highest BCUT2D eigenvalue weighted by molar-refractivity contribution is 7.80. The lowest BCUT2D eigenvalue weighted by molar-refractivity contribution is 0.451. The Kier molecular flexibility index (Phi) is 5.02. The molecule has 2 N–H and O–H groups in total. The van der Waals surface area contributed by atoms with Crippen LogP contribution in [-0.2, 0) is 6.42 Å². The molecular weight excluding hydrogens is 338 g/mol. The molecule has 0 fully saturated rings. The molecular formula is C22H23N3S. The molecule has 3 nitrogen and oxygen atoms in total. The van der Waals surface area contributed by atoms with E-state index in [2.05, 4.69) is 76.0 Å². The highest BCUT2D eigenvalue weighted by atomic mass is 32.1. The van der Waals surface area contributed by atoms with Gasteiger partial charge in [0.05, 0.1) is 0 Å². The Hall–Kier alpha value is -2.59. The number of fused-ring (bicyclic) bond motifs is 1. The van der Waals surface area contributed by atoms with Crippen LogP contribution in [0, 0.1) is 0 Å². The van der Waals surface area contributed by atoms with Gasteiger partial charge in [-0.05, 0) is 42.3 Å². The van der Waals surface area contributed by atoms with E-state index in [0.29, 0.717) is 0 Å². The van der Waals surface area contributed by atoms with Crippen molar-refractivity contribution in [3.8, 4) is 0 Å². The second kappa shape index (κ2) is 7.75. The van der Waals surface area contributed by atoms with Gasteiger partial charge in [-0.3, -0.25) is 0 Å². The molecule has 1 aliphatic heterocycles. The summed E-state index contributed by atoms with van der Waals surface area (Å²) in [5.41, 5.74) is 5.26. The van der Waals surface area contributed by atoms with Crippen LogP contribution in [0.25, 0.3) is 16.5 Å². The lowest BCUT2D eigenvalue weighted by Gasteiger charge is -2.29. The van der Waals surface area contributed by atoms with Gasteiger partial charge in [-0.2, -0.15) is 0 Å². The Morgan fingerprint density at radius 2 is 1.88 bits per heavy atom. The SMILES string of the molecule is S=C(NCCc1ccccc1)N1CC=C(c2c[nH]c3ccccc23)CC1. The third-order valence-corrected chi connectivity index (χ3v) is 5.37. The fraction of sp³-hybridized carbons (Fsp3) is 0.227. The van der Waals surface area contributed by atoms with Gasteiger partial charge >= 0.3 is 0 Å². The van der Waals surface area contributed by atoms with E-state index in [4.69, 9.17) is 12.2 Å². The third kappa shape index (κ3) is 3.65. The van der Waals surface area contributed by atoms with Crippen LogP contribution >= 0.6 is 12.2 Å². The van der Waals surface area contributed by atoms with Crippen LogP contribution in [-0.4, -0.2) is 34.6 Å². The van der Waals surface area contributed by atoms with Gasteiger partial charge in [-0.25, -0.2) is 0 Å². The van der Waals surface area contributed by atoms with Crippen molar-refractivity contribution in [3.63, 3.8) is 0 Å². The summed E-state index contributed by atoms with van der Waals surface area (Å²) < 4.78 is 0. The van der Waals surface area contributed by atoms with E-state index in [1.807, 2.05) is 6.07 Å². The Bertz CT molecular complexity index is 927. The van der Waals surface area contributed by atoms with Gasteiger partial charge in [0.2, 0.25) is 0 Å². The maximum absolute atomic E-state index is 5.58. The Balaban J connectivity index is 1.34. The highest BCUT2D eigenvalue weighted by Gasteiger charge is 2.17. The predicted octanol–water partition coefficient (Wildman–Crippen LogP) is 4.37. The lowest BCUT2D eigenvalue weighted by atomic mass is 9.99. The van der Waals surface area contributed by atoms with Gasteiger partial charge in [0, 0.05) is 42.3 Å². The smallest absolute Gasteiger partial charge is 0.169 e. The van der Waals surface area contributed by atoms with Crippen molar-refractivity contribution in [1.29, 1.82) is 0 Å². The van der Waals surface area contributed by atoms with Crippen molar-refractivity contribution in [2.24, 2.45) is 0 Å². The van der Waals surface area contributed by atoms with E-state index in [0.717, 1.165) is 37.6 Å². The van der Waals surface area contributed by atoms with E-state index >= 15 is 0 Å². The predicted molar refractivity (Wildman–Crippen MR) is 113 cm³/mol. The summed E-state index contributed by atoms with van der Waals surface area (Å²) in [6, 6.07) is 19.0. The number of hydrogen-bond acceptors (Lipinski definition) is 1. The minimum absolute atomic E-state index is 0.857. The molecule has 0 aliphatic carbocycles. The number of nitrogens with zero attached hydrogens (tertiary/aromatic N) is 1. The minimum Gasteiger partial charge on any atom is -0.362 e. The van der Waals surface area contributed by atoms with Gasteiger partial charge < -0.3 is 15.2 Å². The second-order valence-corrected chi connectivity index (χ2v) is 7.03. The van der Waals surface area contributed by atoms with E-state index in [-0.39, 0.29) is 0 Å². The molecule has 3 aromatic rings. The van der Waals surface area contributed by atoms with Crippen molar-refractivity contribution in [3.05, 3.63) is 78.0 Å². The molecule has 0 unspecified atom stereocenters. The van der Waals surface area contributed by atoms with Crippen LogP contribution in [0.2, 0.25) is 0 Å². The summed E-state index contributed by atoms with van der Waals surface area (Å²) in [7, 11) is 0. The largest absolute Gasteiger partial charge is 0.362 e. The van der Waals surface area contributed by atoms with Crippen molar-refractivity contribution < 1.29 is 0 Å². The molecule has 0 amide bonds. The maximum Gasteiger partial charge on any atom is 0.169 e. The molecule has 0 saturated carbocycles. The number of thiocarbonyl (C=S) groups is 1. The molecule has 0 spiro atoms. The number of hydrogen-bond donors (Lipinski definition) is 2. The van der Waals surface area contributed by atoms with Gasteiger partial charge in [0.15, 0.2) is 5.11 Å². The van der Waals surface area contributed by atoms with Crippen LogP contribution in [0.15, 0.2) is 66.9 Å². The number of aromatic amines is 1. The average Bonchev–Trinajstić information content (AvgIpc) is 3.13. The van der Waals surface area contributed by atoms with Crippen LogP contribution in [0.4, 0.5) is 0 Å². The molecule has 1 aromatic heterocycles. The first-order chi connectivity index (χ1) is 12.8. The zero-order chi connectivity index (χ0) is 17.8. The number of nitrogens with one attached hydrogen (secondary N) is 2. The summed E-state index contributed by atoms with van der Waals surface area (Å²) in [4.78, 5) is 5.62. The van der Waals surface area contributed by atoms with E-state index in [1.165, 1.54) is 27.6 Å². The summed E-state index contributed by atoms with van der Waals surface area (Å²) in [6.07, 6.45) is 6.44. The van der Waals surface area contributed by atoms with Crippen molar-refractivity contribution >= 4 is 33.8 Å². The van der Waals surface area contributed by atoms with E-state index < -0.39 is 0 Å². The molecule has 2 aromatic carbocycles. The van der Waals surface area contributed by atoms with Crippen LogP contribution in [0.5, 0.6) is 0 Å². The van der Waals surface area contributed by atoms with Crippen molar-refractivity contribution in [2.75, 3.05) is 19.6 Å². The first-order valence-electron chi connectivity index (χ1n) is 9.13. The van der Waals surface area contributed by atoms with Crippen molar-refractivity contribution in [1.82, 2.24) is 15.2 Å². The van der Waals surface area contributed by atoms with E-state index in [1.54, 1.807) is 0 Å². The quantitative estimate of drug-likeness (QED) is 0.677. The standard InChI is InChI=1S/C22H23N3S/c26-22(23-13-10-17-6-2-1-3-7-17)25-14-11-18(12-15-25)20-16-24-21-9-5-4-8-19(20)21/h1-9,11,16,24H,10,12-15H2,(H,23,26). The summed E-state index contributed by atoms with van der Waals surface area (Å²) in [5, 5.41) is 5.56. The van der Waals surface area contributed by atoms with Crippen LogP contribution in [0.1, 0.15) is 17.5 Å². The molecule has 4 heteroatoms. The Labute approximate surface area is 159 Å². The fourth-order valence-electron chi connectivity index (χ4n) is 3.51. The fourth-order valence-corrected chi connectivity index (χ4v) is 3.77. The van der Waals surface area contributed by atoms with Gasteiger partial charge in [-0.15, -0.1) is 0 Å². The van der Waals surface area contributed by atoms with Gasteiger partial charge in [0.1, 0.15) is 0 Å². The van der Waals surface area contributed by atoms with E-state index in [9.17, 15) is 0 Å². The lowest BCUT2D eigenvalue weighted by Crippen LogP contribution is -2.42. The molecule has 26 heavy (non-hydrogen) atoms.